The lowest BCUT2D eigenvalue weighted by Crippen LogP contribution is -2.18. The van der Waals surface area contributed by atoms with E-state index in [1.54, 1.807) is 0 Å². The molecule has 6 heteroatoms. The smallest absolute Gasteiger partial charge is 0.337 e. The van der Waals surface area contributed by atoms with Crippen LogP contribution >= 0.6 is 12.2 Å². The molecule has 0 bridgehead atoms. The predicted molar refractivity (Wildman–Crippen MR) is 40.1 cm³/mol. The average molecular weight is 148 g/mol. The van der Waals surface area contributed by atoms with Gasteiger partial charge in [-0.25, -0.2) is 9.79 Å². The van der Waals surface area contributed by atoms with E-state index in [0.717, 1.165) is 0 Å². The number of rotatable bonds is 0. The molecule has 5 nitrogen and oxygen atoms in total. The molecule has 52 valence electrons. The van der Waals surface area contributed by atoms with E-state index >= 15 is 0 Å². The lowest BCUT2D eigenvalue weighted by atomic mass is 11.1. The molecule has 0 spiro atoms. The van der Waals surface area contributed by atoms with Crippen molar-refractivity contribution in [2.75, 3.05) is 0 Å². The first-order valence-electron chi connectivity index (χ1n) is 1.81. The van der Waals surface area contributed by atoms with Gasteiger partial charge in [0.25, 0.3) is 0 Å². The first-order valence-corrected chi connectivity index (χ1v) is 2.22. The Labute approximate surface area is 57.9 Å². The largest absolute Gasteiger partial charge is 0.377 e. The summed E-state index contributed by atoms with van der Waals surface area (Å²) < 4.78 is 0. The average Bonchev–Trinajstić information content (AvgIpc) is 1.65. The van der Waals surface area contributed by atoms with Crippen LogP contribution in [0, 0.1) is 0 Å². The number of thiocarbonyl (C=S) groups is 1. The van der Waals surface area contributed by atoms with E-state index in [9.17, 15) is 4.79 Å². The number of aliphatic imine (C=N–C) groups is 1. The fraction of sp³-hybridized carbons (Fsp3) is 0. The molecule has 0 aromatic rings. The van der Waals surface area contributed by atoms with Gasteiger partial charge >= 0.3 is 6.03 Å². The number of carbonyl (C=O) groups excluding carboxylic acids is 1. The van der Waals surface area contributed by atoms with Crippen LogP contribution in [-0.2, 0) is 0 Å². The van der Waals surface area contributed by atoms with E-state index < -0.39 is 6.03 Å². The minimum Gasteiger partial charge on any atom is -0.377 e. The topological polar surface area (TPSA) is 107 Å². The Morgan fingerprint density at radius 2 is 1.56 bits per heavy atom. The second-order valence-corrected chi connectivity index (χ2v) is 1.37. The van der Waals surface area contributed by atoms with Crippen LogP contribution in [0.15, 0.2) is 4.99 Å². The Hall–Kier alpha value is -1.17. The minimum atomic E-state index is -0.731. The Kier molecular flexibility index (Phi) is 8.16. The highest BCUT2D eigenvalue weighted by atomic mass is 32.1. The van der Waals surface area contributed by atoms with Crippen molar-refractivity contribution >= 4 is 30.1 Å². The van der Waals surface area contributed by atoms with Crippen molar-refractivity contribution in [3.05, 3.63) is 0 Å². The van der Waals surface area contributed by atoms with Gasteiger partial charge in [-0.1, -0.05) is 0 Å². The van der Waals surface area contributed by atoms with E-state index in [4.69, 9.17) is 0 Å². The number of carbonyl (C=O) groups is 1. The summed E-state index contributed by atoms with van der Waals surface area (Å²) >= 11 is 4.09. The molecule has 0 aliphatic carbocycles. The van der Waals surface area contributed by atoms with Crippen molar-refractivity contribution in [3.63, 3.8) is 0 Å². The Balaban J connectivity index is 0. The molecule has 0 radical (unpaired) electrons. The number of primary amides is 1. The maximum atomic E-state index is 9.36. The van der Waals surface area contributed by atoms with Crippen molar-refractivity contribution in [3.8, 4) is 0 Å². The third-order valence-corrected chi connectivity index (χ3v) is 0.156. The molecule has 0 saturated heterocycles. The van der Waals surface area contributed by atoms with Crippen LogP contribution in [0.3, 0.4) is 0 Å². The van der Waals surface area contributed by atoms with Crippen LogP contribution in [0.1, 0.15) is 0 Å². The van der Waals surface area contributed by atoms with Crippen LogP contribution in [-0.4, -0.2) is 17.9 Å². The van der Waals surface area contributed by atoms with E-state index in [1.807, 2.05) is 0 Å². The standard InChI is InChI=1S/C2H4N2O.CH4N2S/c1-4-2(3)5;2-1(3)4/h1H2,(H2,3,5);(H4,2,3,4). The minimum absolute atomic E-state index is 0.000000000000000222. The van der Waals surface area contributed by atoms with Gasteiger partial charge in [0.2, 0.25) is 0 Å². The highest BCUT2D eigenvalue weighted by molar-refractivity contribution is 7.80. The van der Waals surface area contributed by atoms with E-state index in [1.165, 1.54) is 0 Å². The van der Waals surface area contributed by atoms with Gasteiger partial charge < -0.3 is 17.2 Å². The van der Waals surface area contributed by atoms with Gasteiger partial charge in [0.15, 0.2) is 5.11 Å². The highest BCUT2D eigenvalue weighted by Gasteiger charge is 1.70. The van der Waals surface area contributed by atoms with Crippen LogP contribution in [0.2, 0.25) is 0 Å². The summed E-state index contributed by atoms with van der Waals surface area (Å²) in [7, 11) is 0. The van der Waals surface area contributed by atoms with Crippen molar-refractivity contribution in [2.45, 2.75) is 0 Å². The van der Waals surface area contributed by atoms with Crippen LogP contribution in [0.25, 0.3) is 0 Å². The molecule has 0 aliphatic rings. The van der Waals surface area contributed by atoms with Crippen molar-refractivity contribution in [1.82, 2.24) is 0 Å². The van der Waals surface area contributed by atoms with E-state index in [0.29, 0.717) is 0 Å². The molecule has 0 fully saturated rings. The molecule has 0 aliphatic heterocycles. The maximum Gasteiger partial charge on any atom is 0.337 e. The third-order valence-electron chi connectivity index (χ3n) is 0.156. The molecule has 9 heavy (non-hydrogen) atoms. The summed E-state index contributed by atoms with van der Waals surface area (Å²) in [6.07, 6.45) is 0. The van der Waals surface area contributed by atoms with E-state index in [-0.39, 0.29) is 5.11 Å². The fourth-order valence-corrected chi connectivity index (χ4v) is 0. The van der Waals surface area contributed by atoms with Crippen LogP contribution < -0.4 is 17.2 Å². The first kappa shape index (κ1) is 10.7. The summed E-state index contributed by atoms with van der Waals surface area (Å²) in [6.45, 7) is 2.84. The van der Waals surface area contributed by atoms with E-state index in [2.05, 4.69) is 41.1 Å². The molecule has 2 amide bonds. The van der Waals surface area contributed by atoms with Gasteiger partial charge in [0.1, 0.15) is 0 Å². The molecular formula is C3H8N4OS. The molecule has 0 aromatic heterocycles. The zero-order chi connectivity index (χ0) is 7.86. The molecule has 0 saturated carbocycles. The van der Waals surface area contributed by atoms with Crippen molar-refractivity contribution in [1.29, 1.82) is 0 Å². The van der Waals surface area contributed by atoms with Gasteiger partial charge in [-0.3, -0.25) is 0 Å². The summed E-state index contributed by atoms with van der Waals surface area (Å²) in [4.78, 5) is 12.1. The van der Waals surface area contributed by atoms with Crippen LogP contribution in [0.4, 0.5) is 4.79 Å². The quantitative estimate of drug-likeness (QED) is 0.301. The zero-order valence-corrected chi connectivity index (χ0v) is 5.52. The lowest BCUT2D eigenvalue weighted by Gasteiger charge is -1.68. The molecular weight excluding hydrogens is 140 g/mol. The molecule has 6 N–H and O–H groups in total. The monoisotopic (exact) mass is 148 g/mol. The molecule has 0 atom stereocenters. The van der Waals surface area contributed by atoms with Crippen molar-refractivity contribution in [2.24, 2.45) is 22.2 Å². The Morgan fingerprint density at radius 1 is 1.44 bits per heavy atom. The summed E-state index contributed by atoms with van der Waals surface area (Å²) in [5.74, 6) is 0. The number of nitrogens with two attached hydrogens (primary N) is 3. The van der Waals surface area contributed by atoms with Gasteiger partial charge in [-0.05, 0) is 18.9 Å². The number of nitrogens with zero attached hydrogens (tertiary/aromatic N) is 1. The number of amides is 2. The SMILES string of the molecule is C=NC(N)=O.NC(N)=S. The predicted octanol–water partition coefficient (Wildman–Crippen LogP) is -1.05. The zero-order valence-electron chi connectivity index (χ0n) is 4.70. The Bertz CT molecular complexity index is 119. The van der Waals surface area contributed by atoms with Gasteiger partial charge in [-0.15, -0.1) is 0 Å². The highest BCUT2D eigenvalue weighted by Crippen LogP contribution is 1.53. The second kappa shape index (κ2) is 6.83. The summed E-state index contributed by atoms with van der Waals surface area (Å²) in [5.41, 5.74) is 13.7. The first-order chi connectivity index (χ1) is 4.00. The molecule has 0 rings (SSSR count). The normalized spacial score (nSPS) is 6.22. The van der Waals surface area contributed by atoms with Crippen molar-refractivity contribution < 1.29 is 4.79 Å². The lowest BCUT2D eigenvalue weighted by molar-refractivity contribution is 0.257. The Morgan fingerprint density at radius 3 is 1.56 bits per heavy atom. The molecule has 0 aromatic carbocycles. The van der Waals surface area contributed by atoms with Gasteiger partial charge in [0.05, 0.1) is 0 Å². The van der Waals surface area contributed by atoms with Gasteiger partial charge in [0, 0.05) is 0 Å². The van der Waals surface area contributed by atoms with Crippen LogP contribution in [0.5, 0.6) is 0 Å². The number of hydrogen-bond donors (Lipinski definition) is 3. The molecule has 0 unspecified atom stereocenters. The fourth-order valence-electron chi connectivity index (χ4n) is 0. The third kappa shape index (κ3) is 231. The molecule has 0 heterocycles. The summed E-state index contributed by atoms with van der Waals surface area (Å²) in [5, 5.41) is 0.000000000000000222. The van der Waals surface area contributed by atoms with Gasteiger partial charge in [-0.2, -0.15) is 0 Å². The second-order valence-electron chi connectivity index (χ2n) is 0.899. The summed E-state index contributed by atoms with van der Waals surface area (Å²) in [6, 6.07) is -0.731. The maximum absolute atomic E-state index is 9.36. The number of urea groups is 1. The number of hydrogen-bond acceptors (Lipinski definition) is 2.